The molecule has 10 heteroatoms. The lowest BCUT2D eigenvalue weighted by molar-refractivity contribution is -0.0495. The molecule has 1 saturated heterocycles. The van der Waals surface area contributed by atoms with Crippen molar-refractivity contribution in [1.82, 2.24) is 34.6 Å². The number of piperidine rings is 1. The molecule has 0 atom stereocenters. The molecule has 1 aliphatic rings. The van der Waals surface area contributed by atoms with E-state index in [2.05, 4.69) is 25.0 Å². The molecule has 5 heterocycles. The summed E-state index contributed by atoms with van der Waals surface area (Å²) in [5.74, 6) is -3.09. The maximum absolute atomic E-state index is 13.4. The highest BCUT2D eigenvalue weighted by Gasteiger charge is 2.36. The van der Waals surface area contributed by atoms with E-state index in [-0.39, 0.29) is 37.5 Å². The quantitative estimate of drug-likeness (QED) is 0.506. The molecule has 30 heavy (non-hydrogen) atoms. The van der Waals surface area contributed by atoms with Gasteiger partial charge in [-0.25, -0.2) is 23.7 Å². The standard InChI is InChI=1S/C20H17F2N7O/c1-28-11-13-6-12(8-25-18(13)27-28)16-9-24-17-10-23-15(7-14(17)26-16)19(30)29-4-2-20(21,22)3-5-29/h6-11H,2-5H2,1H3. The zero-order valence-electron chi connectivity index (χ0n) is 16.1. The summed E-state index contributed by atoms with van der Waals surface area (Å²) in [6.07, 6.45) is 5.97. The van der Waals surface area contributed by atoms with Gasteiger partial charge < -0.3 is 4.90 Å². The van der Waals surface area contributed by atoms with Crippen LogP contribution in [0.15, 0.2) is 36.9 Å². The molecule has 0 N–H and O–H groups in total. The molecule has 4 aromatic rings. The first-order valence-corrected chi connectivity index (χ1v) is 9.48. The van der Waals surface area contributed by atoms with Crippen LogP contribution >= 0.6 is 0 Å². The third-order valence-corrected chi connectivity index (χ3v) is 5.20. The second kappa shape index (κ2) is 6.75. The molecule has 5 rings (SSSR count). The molecule has 1 aliphatic heterocycles. The van der Waals surface area contributed by atoms with Gasteiger partial charge in [0.05, 0.1) is 23.6 Å². The number of nitrogens with zero attached hydrogens (tertiary/aromatic N) is 7. The maximum atomic E-state index is 13.4. The highest BCUT2D eigenvalue weighted by atomic mass is 19.3. The molecule has 0 saturated carbocycles. The molecule has 0 aliphatic carbocycles. The summed E-state index contributed by atoms with van der Waals surface area (Å²) in [4.78, 5) is 31.6. The smallest absolute Gasteiger partial charge is 0.272 e. The van der Waals surface area contributed by atoms with Crippen LogP contribution in [0.25, 0.3) is 33.3 Å². The van der Waals surface area contributed by atoms with Crippen LogP contribution in [0, 0.1) is 0 Å². The van der Waals surface area contributed by atoms with Crippen molar-refractivity contribution in [3.63, 3.8) is 0 Å². The lowest BCUT2D eigenvalue weighted by Crippen LogP contribution is -2.43. The number of fused-ring (bicyclic) bond motifs is 2. The normalized spacial score (nSPS) is 16.3. The molecule has 0 aromatic carbocycles. The van der Waals surface area contributed by atoms with Crippen molar-refractivity contribution in [3.8, 4) is 11.3 Å². The average Bonchev–Trinajstić information content (AvgIpc) is 3.11. The Morgan fingerprint density at radius 1 is 1.03 bits per heavy atom. The van der Waals surface area contributed by atoms with E-state index in [1.54, 1.807) is 23.1 Å². The molecular weight excluding hydrogens is 392 g/mol. The Morgan fingerprint density at radius 2 is 1.83 bits per heavy atom. The molecule has 0 unspecified atom stereocenters. The molecule has 0 radical (unpaired) electrons. The molecule has 0 spiro atoms. The first-order chi connectivity index (χ1) is 14.4. The van der Waals surface area contributed by atoms with Gasteiger partial charge in [0.15, 0.2) is 5.65 Å². The van der Waals surface area contributed by atoms with Crippen molar-refractivity contribution < 1.29 is 13.6 Å². The van der Waals surface area contributed by atoms with Gasteiger partial charge in [-0.15, -0.1) is 0 Å². The van der Waals surface area contributed by atoms with E-state index in [4.69, 9.17) is 0 Å². The molecule has 152 valence electrons. The van der Waals surface area contributed by atoms with Gasteiger partial charge in [-0.1, -0.05) is 0 Å². The van der Waals surface area contributed by atoms with Crippen molar-refractivity contribution in [2.24, 2.45) is 7.05 Å². The fraction of sp³-hybridized carbons (Fsp3) is 0.300. The summed E-state index contributed by atoms with van der Waals surface area (Å²) in [5, 5.41) is 5.13. The SMILES string of the molecule is Cn1cc2cc(-c3cnc4cnc(C(=O)N5CCC(F)(F)CC5)cc4n3)cnc2n1. The molecule has 1 fully saturated rings. The van der Waals surface area contributed by atoms with Gasteiger partial charge in [0.1, 0.15) is 11.2 Å². The topological polar surface area (TPSA) is 89.7 Å². The Kier molecular flexibility index (Phi) is 4.16. The number of likely N-dealkylation sites (tertiary alicyclic amines) is 1. The maximum Gasteiger partial charge on any atom is 0.272 e. The first kappa shape index (κ1) is 18.5. The number of carbonyl (C=O) groups is 1. The van der Waals surface area contributed by atoms with Crippen molar-refractivity contribution in [3.05, 3.63) is 42.6 Å². The van der Waals surface area contributed by atoms with Crippen LogP contribution in [-0.4, -0.2) is 59.5 Å². The fourth-order valence-corrected chi connectivity index (χ4v) is 3.54. The summed E-state index contributed by atoms with van der Waals surface area (Å²) < 4.78 is 28.4. The van der Waals surface area contributed by atoms with E-state index in [1.807, 2.05) is 19.3 Å². The number of halogens is 2. The second-order valence-corrected chi connectivity index (χ2v) is 7.40. The molecule has 4 aromatic heterocycles. The van der Waals surface area contributed by atoms with Crippen LogP contribution < -0.4 is 0 Å². The Morgan fingerprint density at radius 3 is 2.63 bits per heavy atom. The molecule has 1 amide bonds. The van der Waals surface area contributed by atoms with E-state index >= 15 is 0 Å². The Labute approximate surface area is 169 Å². The number of alkyl halides is 2. The highest BCUT2D eigenvalue weighted by Crippen LogP contribution is 2.28. The second-order valence-electron chi connectivity index (χ2n) is 7.40. The minimum atomic E-state index is -2.71. The van der Waals surface area contributed by atoms with Crippen LogP contribution in [0.3, 0.4) is 0 Å². The van der Waals surface area contributed by atoms with Crippen molar-refractivity contribution in [2.45, 2.75) is 18.8 Å². The van der Waals surface area contributed by atoms with Crippen LogP contribution in [0.1, 0.15) is 23.3 Å². The van der Waals surface area contributed by atoms with Crippen LogP contribution in [0.4, 0.5) is 8.78 Å². The van der Waals surface area contributed by atoms with Gasteiger partial charge in [-0.2, -0.15) is 5.10 Å². The van der Waals surface area contributed by atoms with Crippen molar-refractivity contribution >= 4 is 28.0 Å². The van der Waals surface area contributed by atoms with Gasteiger partial charge in [-0.05, 0) is 12.1 Å². The molecule has 8 nitrogen and oxygen atoms in total. The van der Waals surface area contributed by atoms with Gasteiger partial charge in [0.2, 0.25) is 0 Å². The van der Waals surface area contributed by atoms with Crippen LogP contribution in [0.5, 0.6) is 0 Å². The van der Waals surface area contributed by atoms with E-state index in [9.17, 15) is 13.6 Å². The number of aromatic nitrogens is 6. The number of aryl methyl sites for hydroxylation is 1. The minimum absolute atomic E-state index is 0.00800. The summed E-state index contributed by atoms with van der Waals surface area (Å²) in [7, 11) is 1.83. The largest absolute Gasteiger partial charge is 0.337 e. The van der Waals surface area contributed by atoms with Gasteiger partial charge in [0, 0.05) is 56.3 Å². The Bertz CT molecular complexity index is 1280. The summed E-state index contributed by atoms with van der Waals surface area (Å²) in [5.41, 5.74) is 3.21. The average molecular weight is 409 g/mol. The summed E-state index contributed by atoms with van der Waals surface area (Å²) >= 11 is 0. The van der Waals surface area contributed by atoms with Gasteiger partial charge in [-0.3, -0.25) is 14.5 Å². The molecular formula is C20H17F2N7O. The zero-order valence-corrected chi connectivity index (χ0v) is 16.1. The van der Waals surface area contributed by atoms with Gasteiger partial charge in [0.25, 0.3) is 11.8 Å². The van der Waals surface area contributed by atoms with Gasteiger partial charge >= 0.3 is 0 Å². The third kappa shape index (κ3) is 3.34. The predicted octanol–water partition coefficient (Wildman–Crippen LogP) is 2.84. The highest BCUT2D eigenvalue weighted by molar-refractivity contribution is 5.95. The van der Waals surface area contributed by atoms with Crippen molar-refractivity contribution in [2.75, 3.05) is 13.1 Å². The van der Waals surface area contributed by atoms with Crippen LogP contribution in [-0.2, 0) is 7.05 Å². The van der Waals surface area contributed by atoms with Crippen molar-refractivity contribution in [1.29, 1.82) is 0 Å². The van der Waals surface area contributed by atoms with Crippen LogP contribution in [0.2, 0.25) is 0 Å². The monoisotopic (exact) mass is 409 g/mol. The fourth-order valence-electron chi connectivity index (χ4n) is 3.54. The predicted molar refractivity (Wildman–Crippen MR) is 105 cm³/mol. The summed E-state index contributed by atoms with van der Waals surface area (Å²) in [6, 6.07) is 3.48. The van der Waals surface area contributed by atoms with E-state index in [0.717, 1.165) is 10.9 Å². The van der Waals surface area contributed by atoms with E-state index in [1.165, 1.54) is 11.1 Å². The Hall–Kier alpha value is -3.56. The third-order valence-electron chi connectivity index (χ3n) is 5.20. The number of amides is 1. The number of pyridine rings is 2. The number of rotatable bonds is 2. The number of carbonyl (C=O) groups excluding carboxylic acids is 1. The van der Waals surface area contributed by atoms with E-state index < -0.39 is 5.92 Å². The lowest BCUT2D eigenvalue weighted by atomic mass is 10.1. The lowest BCUT2D eigenvalue weighted by Gasteiger charge is -2.31. The number of hydrogen-bond donors (Lipinski definition) is 0. The minimum Gasteiger partial charge on any atom is -0.337 e. The zero-order chi connectivity index (χ0) is 20.9. The summed E-state index contributed by atoms with van der Waals surface area (Å²) in [6.45, 7) is 0.0160. The van der Waals surface area contributed by atoms with E-state index in [0.29, 0.717) is 22.4 Å². The Balaban J connectivity index is 1.47. The molecule has 0 bridgehead atoms. The number of hydrogen-bond acceptors (Lipinski definition) is 6. The first-order valence-electron chi connectivity index (χ1n) is 9.48.